The molecule has 21 heavy (non-hydrogen) atoms. The van der Waals surface area contributed by atoms with E-state index in [2.05, 4.69) is 25.2 Å². The third-order valence-electron chi connectivity index (χ3n) is 3.35. The lowest BCUT2D eigenvalue weighted by Crippen LogP contribution is -2.54. The molecule has 118 valence electrons. The van der Waals surface area contributed by atoms with Crippen LogP contribution in [0.1, 0.15) is 46.1 Å². The summed E-state index contributed by atoms with van der Waals surface area (Å²) in [5, 5.41) is 3.15. The highest BCUT2D eigenvalue weighted by molar-refractivity contribution is 5.80. The van der Waals surface area contributed by atoms with Crippen LogP contribution in [-0.2, 0) is 9.53 Å². The summed E-state index contributed by atoms with van der Waals surface area (Å²) in [5.74, 6) is 0.931. The van der Waals surface area contributed by atoms with Crippen molar-refractivity contribution in [2.75, 3.05) is 19.8 Å². The van der Waals surface area contributed by atoms with Gasteiger partial charge in [0, 0.05) is 0 Å². The predicted molar refractivity (Wildman–Crippen MR) is 84.7 cm³/mol. The van der Waals surface area contributed by atoms with Crippen molar-refractivity contribution in [1.29, 1.82) is 0 Å². The predicted octanol–water partition coefficient (Wildman–Crippen LogP) is 3.12. The highest BCUT2D eigenvalue weighted by Gasteiger charge is 2.35. The van der Waals surface area contributed by atoms with Crippen molar-refractivity contribution in [3.05, 3.63) is 29.8 Å². The van der Waals surface area contributed by atoms with Gasteiger partial charge in [-0.05, 0) is 44.0 Å². The molecule has 0 aromatic heterocycles. The molecule has 1 N–H and O–H groups in total. The minimum absolute atomic E-state index is 0.237. The Morgan fingerprint density at radius 1 is 1.33 bits per heavy atom. The molecule has 0 spiro atoms. The molecular formula is C17H27NO3. The Labute approximate surface area is 127 Å². The van der Waals surface area contributed by atoms with Gasteiger partial charge in [-0.2, -0.15) is 0 Å². The largest absolute Gasteiger partial charge is 0.491 e. The van der Waals surface area contributed by atoms with Crippen molar-refractivity contribution in [3.8, 4) is 5.75 Å². The van der Waals surface area contributed by atoms with Crippen molar-refractivity contribution in [3.63, 3.8) is 0 Å². The number of rotatable bonds is 8. The van der Waals surface area contributed by atoms with E-state index in [1.165, 1.54) is 5.56 Å². The second-order valence-corrected chi connectivity index (χ2v) is 5.60. The fraction of sp³-hybridized carbons (Fsp3) is 0.588. The summed E-state index contributed by atoms with van der Waals surface area (Å²) >= 11 is 0. The Hall–Kier alpha value is -1.55. The summed E-state index contributed by atoms with van der Waals surface area (Å²) < 4.78 is 10.9. The topological polar surface area (TPSA) is 47.6 Å². The lowest BCUT2D eigenvalue weighted by atomic mass is 10.0. The molecule has 0 heterocycles. The van der Waals surface area contributed by atoms with Gasteiger partial charge in [-0.1, -0.05) is 32.9 Å². The molecule has 0 fully saturated rings. The second-order valence-electron chi connectivity index (χ2n) is 5.60. The highest BCUT2D eigenvalue weighted by atomic mass is 16.5. The average Bonchev–Trinajstić information content (AvgIpc) is 2.46. The van der Waals surface area contributed by atoms with Crippen molar-refractivity contribution < 1.29 is 14.3 Å². The minimum atomic E-state index is -0.835. The molecule has 0 aliphatic rings. The molecule has 0 aliphatic heterocycles. The minimum Gasteiger partial charge on any atom is -0.491 e. The van der Waals surface area contributed by atoms with Gasteiger partial charge >= 0.3 is 5.97 Å². The van der Waals surface area contributed by atoms with E-state index < -0.39 is 5.54 Å². The van der Waals surface area contributed by atoms with E-state index >= 15 is 0 Å². The zero-order valence-electron chi connectivity index (χ0n) is 13.7. The van der Waals surface area contributed by atoms with Crippen LogP contribution in [0.3, 0.4) is 0 Å². The Balaban J connectivity index is 2.77. The van der Waals surface area contributed by atoms with Gasteiger partial charge in [-0.25, -0.2) is 4.79 Å². The normalized spacial score (nSPS) is 13.8. The Kier molecular flexibility index (Phi) is 6.69. The quantitative estimate of drug-likeness (QED) is 0.748. The van der Waals surface area contributed by atoms with Crippen molar-refractivity contribution in [1.82, 2.24) is 5.32 Å². The van der Waals surface area contributed by atoms with Crippen molar-refractivity contribution >= 4 is 5.97 Å². The van der Waals surface area contributed by atoms with Gasteiger partial charge in [0.2, 0.25) is 0 Å². The zero-order chi connectivity index (χ0) is 15.9. The van der Waals surface area contributed by atoms with Gasteiger partial charge in [-0.3, -0.25) is 5.32 Å². The maximum absolute atomic E-state index is 12.1. The molecule has 1 aromatic rings. The molecular weight excluding hydrogens is 266 g/mol. The second kappa shape index (κ2) is 8.03. The highest BCUT2D eigenvalue weighted by Crippen LogP contribution is 2.21. The van der Waals surface area contributed by atoms with Crippen LogP contribution in [0.15, 0.2) is 24.3 Å². The van der Waals surface area contributed by atoms with E-state index in [0.29, 0.717) is 19.1 Å². The molecule has 1 aromatic carbocycles. The summed E-state index contributed by atoms with van der Waals surface area (Å²) in [6.07, 6.45) is 0. The van der Waals surface area contributed by atoms with E-state index in [-0.39, 0.29) is 12.6 Å². The van der Waals surface area contributed by atoms with Crippen LogP contribution < -0.4 is 10.1 Å². The molecule has 1 rings (SSSR count). The van der Waals surface area contributed by atoms with Crippen LogP contribution in [0, 0.1) is 0 Å². The molecule has 1 atom stereocenters. The molecule has 0 aliphatic carbocycles. The van der Waals surface area contributed by atoms with E-state index in [1.807, 2.05) is 25.1 Å². The molecule has 0 radical (unpaired) electrons. The van der Waals surface area contributed by atoms with Crippen LogP contribution >= 0.6 is 0 Å². The third-order valence-corrected chi connectivity index (χ3v) is 3.35. The van der Waals surface area contributed by atoms with Crippen molar-refractivity contribution in [2.24, 2.45) is 0 Å². The number of carbonyl (C=O) groups excluding carboxylic acids is 1. The standard InChI is InChI=1S/C17H27NO3/c1-6-18-17(5,16(19)20-7-2)12-21-15-10-8-9-14(11-15)13(3)4/h8-11,13,18H,6-7,12H2,1-5H3. The summed E-state index contributed by atoms with van der Waals surface area (Å²) in [6, 6.07) is 7.97. The first-order valence-electron chi connectivity index (χ1n) is 7.58. The van der Waals surface area contributed by atoms with Crippen LogP contribution in [0.5, 0.6) is 5.75 Å². The maximum atomic E-state index is 12.1. The average molecular weight is 293 g/mol. The monoisotopic (exact) mass is 293 g/mol. The van der Waals surface area contributed by atoms with E-state index in [1.54, 1.807) is 13.8 Å². The number of carbonyl (C=O) groups is 1. The number of esters is 1. The number of benzene rings is 1. The zero-order valence-corrected chi connectivity index (χ0v) is 13.7. The summed E-state index contributed by atoms with van der Waals surface area (Å²) in [6.45, 7) is 11.1. The molecule has 0 saturated heterocycles. The summed E-state index contributed by atoms with van der Waals surface area (Å²) in [4.78, 5) is 12.1. The Morgan fingerprint density at radius 3 is 2.62 bits per heavy atom. The lowest BCUT2D eigenvalue weighted by molar-refractivity contribution is -0.151. The fourth-order valence-electron chi connectivity index (χ4n) is 2.05. The first kappa shape index (κ1) is 17.5. The first-order valence-corrected chi connectivity index (χ1v) is 7.58. The number of hydrogen-bond donors (Lipinski definition) is 1. The summed E-state index contributed by atoms with van der Waals surface area (Å²) in [5.41, 5.74) is 0.382. The van der Waals surface area contributed by atoms with Crippen LogP contribution in [-0.4, -0.2) is 31.3 Å². The van der Waals surface area contributed by atoms with Gasteiger partial charge in [0.1, 0.15) is 17.9 Å². The molecule has 0 saturated carbocycles. The molecule has 4 nitrogen and oxygen atoms in total. The van der Waals surface area contributed by atoms with Gasteiger partial charge in [0.15, 0.2) is 0 Å². The number of ether oxygens (including phenoxy) is 2. The Morgan fingerprint density at radius 2 is 2.05 bits per heavy atom. The third kappa shape index (κ3) is 5.05. The van der Waals surface area contributed by atoms with Gasteiger partial charge < -0.3 is 9.47 Å². The number of hydrogen-bond acceptors (Lipinski definition) is 4. The van der Waals surface area contributed by atoms with Crippen molar-refractivity contribution in [2.45, 2.75) is 46.1 Å². The van der Waals surface area contributed by atoms with Crippen LogP contribution in [0.2, 0.25) is 0 Å². The first-order chi connectivity index (χ1) is 9.92. The van der Waals surface area contributed by atoms with Gasteiger partial charge in [0.25, 0.3) is 0 Å². The smallest absolute Gasteiger partial charge is 0.329 e. The van der Waals surface area contributed by atoms with Gasteiger partial charge in [0.05, 0.1) is 6.61 Å². The van der Waals surface area contributed by atoms with Crippen LogP contribution in [0.4, 0.5) is 0 Å². The number of nitrogens with one attached hydrogen (secondary N) is 1. The fourth-order valence-corrected chi connectivity index (χ4v) is 2.05. The lowest BCUT2D eigenvalue weighted by Gasteiger charge is -2.28. The summed E-state index contributed by atoms with van der Waals surface area (Å²) in [7, 11) is 0. The number of likely N-dealkylation sites (N-methyl/N-ethyl adjacent to an activating group) is 1. The molecule has 0 amide bonds. The van der Waals surface area contributed by atoms with E-state index in [9.17, 15) is 4.79 Å². The SMILES string of the molecule is CCNC(C)(COc1cccc(C(C)C)c1)C(=O)OCC. The van der Waals surface area contributed by atoms with Gasteiger partial charge in [-0.15, -0.1) is 0 Å². The van der Waals surface area contributed by atoms with E-state index in [0.717, 1.165) is 5.75 Å². The van der Waals surface area contributed by atoms with E-state index in [4.69, 9.17) is 9.47 Å². The molecule has 1 unspecified atom stereocenters. The maximum Gasteiger partial charge on any atom is 0.329 e. The van der Waals surface area contributed by atoms with Crippen LogP contribution in [0.25, 0.3) is 0 Å². The Bertz CT molecular complexity index is 459. The molecule has 4 heteroatoms. The molecule has 0 bridgehead atoms.